The van der Waals surface area contributed by atoms with Gasteiger partial charge >= 0.3 is 5.97 Å². The van der Waals surface area contributed by atoms with Gasteiger partial charge in [0.2, 0.25) is 11.0 Å². The first kappa shape index (κ1) is 31.2. The quantitative estimate of drug-likeness (QED) is 0.136. The maximum Gasteiger partial charge on any atom is 0.313 e. The highest BCUT2D eigenvalue weighted by Crippen LogP contribution is 2.47. The Morgan fingerprint density at radius 3 is 2.24 bits per heavy atom. The summed E-state index contributed by atoms with van der Waals surface area (Å²) in [6.07, 6.45) is 1.36. The molecule has 0 bridgehead atoms. The van der Waals surface area contributed by atoms with E-state index < -0.39 is 28.7 Å². The van der Waals surface area contributed by atoms with Gasteiger partial charge in [0.25, 0.3) is 5.91 Å². The van der Waals surface area contributed by atoms with Crippen molar-refractivity contribution in [3.05, 3.63) is 131 Å². The van der Waals surface area contributed by atoms with Crippen molar-refractivity contribution >= 4 is 46.8 Å². The number of carbonyl (C=O) groups is 3. The molecule has 4 aromatic rings. The molecule has 2 amide bonds. The van der Waals surface area contributed by atoms with E-state index >= 15 is 0 Å². The van der Waals surface area contributed by atoms with Gasteiger partial charge in [0.05, 0.1) is 24.0 Å². The molecule has 10 nitrogen and oxygen atoms in total. The molecule has 0 spiro atoms. The van der Waals surface area contributed by atoms with Gasteiger partial charge in [-0.3, -0.25) is 24.4 Å². The molecule has 1 fully saturated rings. The molecule has 3 atom stereocenters. The van der Waals surface area contributed by atoms with Crippen LogP contribution in [0.3, 0.4) is 0 Å². The summed E-state index contributed by atoms with van der Waals surface area (Å²) in [5.41, 5.74) is 3.04. The zero-order valence-electron chi connectivity index (χ0n) is 24.9. The smallest absolute Gasteiger partial charge is 0.313 e. The maximum atomic E-state index is 13.6. The van der Waals surface area contributed by atoms with Crippen LogP contribution in [0.1, 0.15) is 46.6 Å². The Balaban J connectivity index is 1.28. The van der Waals surface area contributed by atoms with Crippen LogP contribution in [-0.4, -0.2) is 60.9 Å². The molecule has 1 unspecified atom stereocenters. The van der Waals surface area contributed by atoms with Crippen LogP contribution < -0.4 is 5.32 Å². The van der Waals surface area contributed by atoms with Gasteiger partial charge in [-0.15, -0.1) is 11.8 Å². The summed E-state index contributed by atoms with van der Waals surface area (Å²) in [4.78, 5) is 44.8. The number of thioether (sulfide) groups is 1. The van der Waals surface area contributed by atoms with Crippen LogP contribution in [0.15, 0.2) is 103 Å². The SMILES string of the molecule is CCOC(=O)Cc1nc(C2C=C(C(=S)OC(c3ccccc3)c3ccccc3)N3C(=O)[C@@H](NC(=O)Cc4ccccc4)[C@H]3S2)n[nH]1. The highest BCUT2D eigenvalue weighted by atomic mass is 32.2. The molecule has 0 saturated carbocycles. The Kier molecular flexibility index (Phi) is 9.55. The van der Waals surface area contributed by atoms with Crippen LogP contribution in [0.2, 0.25) is 0 Å². The third-order valence-electron chi connectivity index (χ3n) is 7.48. The van der Waals surface area contributed by atoms with Gasteiger partial charge in [-0.2, -0.15) is 5.10 Å². The van der Waals surface area contributed by atoms with Crippen LogP contribution in [0.25, 0.3) is 0 Å². The molecule has 2 aliphatic heterocycles. The van der Waals surface area contributed by atoms with Crippen LogP contribution in [0, 0.1) is 0 Å². The Morgan fingerprint density at radius 1 is 0.978 bits per heavy atom. The first-order valence-electron chi connectivity index (χ1n) is 14.8. The number of β-lactam (4-membered cyclic amide) rings is 1. The lowest BCUT2D eigenvalue weighted by Crippen LogP contribution is -2.70. The molecular formula is C34H31N5O5S2. The van der Waals surface area contributed by atoms with Gasteiger partial charge in [-0.25, -0.2) is 4.98 Å². The van der Waals surface area contributed by atoms with Crippen LogP contribution in [0.5, 0.6) is 0 Å². The summed E-state index contributed by atoms with van der Waals surface area (Å²) >= 11 is 7.29. The van der Waals surface area contributed by atoms with Gasteiger partial charge in [0, 0.05) is 0 Å². The molecule has 0 radical (unpaired) electrons. The van der Waals surface area contributed by atoms with Gasteiger partial charge in [-0.1, -0.05) is 91.0 Å². The van der Waals surface area contributed by atoms with Crippen molar-refractivity contribution in [2.45, 2.75) is 42.5 Å². The Bertz CT molecular complexity index is 1710. The fourth-order valence-electron chi connectivity index (χ4n) is 5.33. The molecule has 0 aliphatic carbocycles. The molecule has 3 heterocycles. The summed E-state index contributed by atoms with van der Waals surface area (Å²) in [7, 11) is 0. The molecule has 1 saturated heterocycles. The minimum atomic E-state index is -0.785. The number of aromatic amines is 1. The second-order valence-corrected chi connectivity index (χ2v) is 12.3. The lowest BCUT2D eigenvalue weighted by atomic mass is 10.0. The van der Waals surface area contributed by atoms with E-state index in [1.54, 1.807) is 17.9 Å². The average molecular weight is 654 g/mol. The van der Waals surface area contributed by atoms with Crippen LogP contribution >= 0.6 is 24.0 Å². The highest BCUT2D eigenvalue weighted by Gasteiger charge is 2.54. The summed E-state index contributed by atoms with van der Waals surface area (Å²) in [5, 5.41) is 9.27. The number of esters is 1. The lowest BCUT2D eigenvalue weighted by Gasteiger charge is -2.50. The van der Waals surface area contributed by atoms with Crippen molar-refractivity contribution in [3.63, 3.8) is 0 Å². The summed E-state index contributed by atoms with van der Waals surface area (Å²) in [5.74, 6) is -0.212. The normalized spacial score (nSPS) is 18.7. The third kappa shape index (κ3) is 6.87. The number of nitrogens with one attached hydrogen (secondary N) is 2. The van der Waals surface area contributed by atoms with E-state index in [0.717, 1.165) is 16.7 Å². The Morgan fingerprint density at radius 2 is 1.61 bits per heavy atom. The second kappa shape index (κ2) is 14.1. The zero-order valence-corrected chi connectivity index (χ0v) is 26.5. The Hall–Kier alpha value is -4.81. The maximum absolute atomic E-state index is 13.6. The molecule has 46 heavy (non-hydrogen) atoms. The van der Waals surface area contributed by atoms with E-state index in [1.807, 2.05) is 91.0 Å². The van der Waals surface area contributed by atoms with E-state index in [2.05, 4.69) is 20.5 Å². The zero-order chi connectivity index (χ0) is 32.0. The number of amides is 2. The number of benzene rings is 3. The molecule has 3 aromatic carbocycles. The third-order valence-corrected chi connectivity index (χ3v) is 9.19. The number of hydrogen-bond donors (Lipinski definition) is 2. The molecule has 1 aromatic heterocycles. The predicted octanol–water partition coefficient (Wildman–Crippen LogP) is 4.61. The minimum Gasteiger partial charge on any atom is -0.469 e. The molecule has 12 heteroatoms. The van der Waals surface area contributed by atoms with Crippen molar-refractivity contribution < 1.29 is 23.9 Å². The minimum absolute atomic E-state index is 0.0572. The predicted molar refractivity (Wildman–Crippen MR) is 176 cm³/mol. The monoisotopic (exact) mass is 653 g/mol. The van der Waals surface area contributed by atoms with E-state index in [1.165, 1.54) is 11.8 Å². The number of H-pyrrole nitrogens is 1. The summed E-state index contributed by atoms with van der Waals surface area (Å²) in [6.45, 7) is 2.00. The standard InChI is InChI=1S/C34H31N5O5S2/c1-2-43-28(41)20-26-35-31(38-37-26)25-19-24(34(45)44-30(22-14-8-4-9-15-22)23-16-10-5-11-17-23)39-32(42)29(33(39)46-25)36-27(40)18-21-12-6-3-7-13-21/h3-17,19,25,29-30,33H,2,18,20H2,1H3,(H,36,40)(H,35,37,38)/t25?,29-,33-/m1/s1. The van der Waals surface area contributed by atoms with Gasteiger partial charge in [0.15, 0.2) is 5.82 Å². The van der Waals surface area contributed by atoms with Crippen LogP contribution in [-0.2, 0) is 36.7 Å². The first-order valence-corrected chi connectivity index (χ1v) is 16.2. The number of aromatic nitrogens is 3. The number of carbonyl (C=O) groups excluding carboxylic acids is 3. The number of nitrogens with zero attached hydrogens (tertiary/aromatic N) is 3. The number of ether oxygens (including phenoxy) is 2. The largest absolute Gasteiger partial charge is 0.469 e. The second-order valence-electron chi connectivity index (χ2n) is 10.6. The van der Waals surface area contributed by atoms with E-state index in [0.29, 0.717) is 17.3 Å². The van der Waals surface area contributed by atoms with E-state index in [9.17, 15) is 14.4 Å². The number of fused-ring (bicyclic) bond motifs is 1. The lowest BCUT2D eigenvalue weighted by molar-refractivity contribution is -0.145. The Labute approximate surface area is 275 Å². The number of thiocarbonyl (C=S) groups is 1. The molecule has 234 valence electrons. The van der Waals surface area contributed by atoms with Gasteiger partial charge in [0.1, 0.15) is 29.8 Å². The summed E-state index contributed by atoms with van der Waals surface area (Å²) < 4.78 is 11.5. The molecular weight excluding hydrogens is 623 g/mol. The summed E-state index contributed by atoms with van der Waals surface area (Å²) in [6, 6.07) is 28.0. The van der Waals surface area contributed by atoms with Crippen molar-refractivity contribution in [1.82, 2.24) is 25.4 Å². The topological polar surface area (TPSA) is 127 Å². The number of rotatable bonds is 11. The van der Waals surface area contributed by atoms with Crippen molar-refractivity contribution in [2.75, 3.05) is 6.61 Å². The van der Waals surface area contributed by atoms with Gasteiger partial charge < -0.3 is 14.8 Å². The fraction of sp³-hybridized carbons (Fsp3) is 0.235. The fourth-order valence-corrected chi connectivity index (χ4v) is 7.01. The van der Waals surface area contributed by atoms with Gasteiger partial charge in [-0.05, 0) is 41.9 Å². The number of hydrogen-bond acceptors (Lipinski definition) is 9. The van der Waals surface area contributed by atoms with E-state index in [4.69, 9.17) is 21.7 Å². The van der Waals surface area contributed by atoms with Crippen molar-refractivity contribution in [3.8, 4) is 0 Å². The van der Waals surface area contributed by atoms with Crippen molar-refractivity contribution in [1.29, 1.82) is 0 Å². The van der Waals surface area contributed by atoms with E-state index in [-0.39, 0.29) is 36.3 Å². The average Bonchev–Trinajstić information content (AvgIpc) is 3.55. The molecule has 6 rings (SSSR count). The molecule has 2 aliphatic rings. The van der Waals surface area contributed by atoms with Crippen LogP contribution in [0.4, 0.5) is 0 Å². The molecule has 2 N–H and O–H groups in total. The first-order chi connectivity index (χ1) is 22.4. The van der Waals surface area contributed by atoms with Crippen molar-refractivity contribution in [2.24, 2.45) is 0 Å². The highest BCUT2D eigenvalue weighted by molar-refractivity contribution is 8.00.